The van der Waals surface area contributed by atoms with E-state index in [9.17, 15) is 9.59 Å². The van der Waals surface area contributed by atoms with Crippen molar-refractivity contribution in [2.75, 3.05) is 11.9 Å². The van der Waals surface area contributed by atoms with Gasteiger partial charge in [-0.15, -0.1) is 0 Å². The summed E-state index contributed by atoms with van der Waals surface area (Å²) in [6, 6.07) is 13.3. The molecule has 2 aromatic carbocycles. The summed E-state index contributed by atoms with van der Waals surface area (Å²) < 4.78 is 5.81. The van der Waals surface area contributed by atoms with Crippen LogP contribution in [0.15, 0.2) is 42.5 Å². The number of hydrogen-bond donors (Lipinski definition) is 1. The molecule has 1 amide bonds. The predicted octanol–water partition coefficient (Wildman–Crippen LogP) is 5.54. The van der Waals surface area contributed by atoms with Crippen molar-refractivity contribution in [1.29, 1.82) is 0 Å². The van der Waals surface area contributed by atoms with E-state index >= 15 is 0 Å². The molecule has 0 saturated carbocycles. The van der Waals surface area contributed by atoms with Crippen LogP contribution < -0.4 is 5.32 Å². The lowest BCUT2D eigenvalue weighted by atomic mass is 9.95. The van der Waals surface area contributed by atoms with E-state index in [4.69, 9.17) is 21.3 Å². The predicted molar refractivity (Wildman–Crippen MR) is 135 cm³/mol. The molecule has 1 unspecified atom stereocenters. The zero-order valence-electron chi connectivity index (χ0n) is 20.0. The number of rotatable bonds is 6. The average molecular weight is 480 g/mol. The molecule has 0 spiro atoms. The number of esters is 1. The van der Waals surface area contributed by atoms with Gasteiger partial charge in [-0.1, -0.05) is 42.8 Å². The van der Waals surface area contributed by atoms with E-state index in [0.29, 0.717) is 35.3 Å². The first kappa shape index (κ1) is 24.2. The molecule has 34 heavy (non-hydrogen) atoms. The Balaban J connectivity index is 1.64. The second kappa shape index (κ2) is 10.1. The summed E-state index contributed by atoms with van der Waals surface area (Å²) in [4.78, 5) is 33.7. The largest absolute Gasteiger partial charge is 0.449 e. The van der Waals surface area contributed by atoms with Gasteiger partial charge in [0.2, 0.25) is 0 Å². The van der Waals surface area contributed by atoms with E-state index in [-0.39, 0.29) is 5.91 Å². The Morgan fingerprint density at radius 1 is 1.21 bits per heavy atom. The highest BCUT2D eigenvalue weighted by atomic mass is 35.5. The number of hydrogen-bond acceptors (Lipinski definition) is 5. The zero-order chi connectivity index (χ0) is 24.4. The number of ether oxygens (including phenoxy) is 1. The normalized spacial score (nSPS) is 14.6. The number of amides is 1. The minimum Gasteiger partial charge on any atom is -0.449 e. The SMILES string of the molecule is CCC(OC(=O)c1c2c(nc3ccccc13)CCN(C(C)C)C2)C(=O)Nc1ccc(C)c(Cl)c1. The van der Waals surface area contributed by atoms with Gasteiger partial charge in [0.15, 0.2) is 6.10 Å². The first-order chi connectivity index (χ1) is 16.3. The molecule has 0 aliphatic carbocycles. The maximum absolute atomic E-state index is 13.6. The molecule has 0 bridgehead atoms. The van der Waals surface area contributed by atoms with Gasteiger partial charge in [0.05, 0.1) is 11.1 Å². The monoisotopic (exact) mass is 479 g/mol. The Labute approximate surface area is 205 Å². The molecule has 3 aromatic rings. The van der Waals surface area contributed by atoms with Crippen molar-refractivity contribution in [2.24, 2.45) is 0 Å². The smallest absolute Gasteiger partial charge is 0.340 e. The Morgan fingerprint density at radius 3 is 2.68 bits per heavy atom. The van der Waals surface area contributed by atoms with Crippen LogP contribution in [0.2, 0.25) is 5.02 Å². The number of nitrogens with zero attached hydrogens (tertiary/aromatic N) is 2. The fraction of sp³-hybridized carbons (Fsp3) is 0.370. The number of benzene rings is 2. The van der Waals surface area contributed by atoms with Crippen molar-refractivity contribution >= 4 is 40.1 Å². The van der Waals surface area contributed by atoms with E-state index in [1.807, 2.05) is 44.2 Å². The van der Waals surface area contributed by atoms with Gasteiger partial charge in [0, 0.05) is 52.9 Å². The van der Waals surface area contributed by atoms with Crippen LogP contribution in [0.1, 0.15) is 54.4 Å². The summed E-state index contributed by atoms with van der Waals surface area (Å²) in [5.74, 6) is -0.879. The maximum Gasteiger partial charge on any atom is 0.340 e. The molecule has 178 valence electrons. The van der Waals surface area contributed by atoms with E-state index in [1.165, 1.54) is 0 Å². The number of carbonyl (C=O) groups excluding carboxylic acids is 2. The summed E-state index contributed by atoms with van der Waals surface area (Å²) in [6.45, 7) is 9.52. The zero-order valence-corrected chi connectivity index (χ0v) is 20.8. The Bertz CT molecular complexity index is 1240. The lowest BCUT2D eigenvalue weighted by Gasteiger charge is -2.32. The van der Waals surface area contributed by atoms with E-state index < -0.39 is 12.1 Å². The fourth-order valence-electron chi connectivity index (χ4n) is 4.29. The average Bonchev–Trinajstić information content (AvgIpc) is 2.82. The van der Waals surface area contributed by atoms with Crippen LogP contribution in [0.25, 0.3) is 10.9 Å². The number of aromatic nitrogens is 1. The third-order valence-corrected chi connectivity index (χ3v) is 6.77. The van der Waals surface area contributed by atoms with Crippen molar-refractivity contribution in [3.8, 4) is 0 Å². The minimum absolute atomic E-state index is 0.346. The molecule has 0 saturated heterocycles. The quantitative estimate of drug-likeness (QED) is 0.470. The van der Waals surface area contributed by atoms with Crippen LogP contribution in [0, 0.1) is 6.92 Å². The molecule has 1 N–H and O–H groups in total. The number of carbonyl (C=O) groups is 2. The summed E-state index contributed by atoms with van der Waals surface area (Å²) in [6.07, 6.45) is 0.185. The highest BCUT2D eigenvalue weighted by molar-refractivity contribution is 6.31. The lowest BCUT2D eigenvalue weighted by molar-refractivity contribution is -0.124. The molecule has 1 aliphatic rings. The molecule has 7 heteroatoms. The molecular weight excluding hydrogens is 450 g/mol. The molecule has 0 radical (unpaired) electrons. The van der Waals surface area contributed by atoms with Crippen molar-refractivity contribution in [2.45, 2.75) is 59.2 Å². The third kappa shape index (κ3) is 4.93. The fourth-order valence-corrected chi connectivity index (χ4v) is 4.47. The Morgan fingerprint density at radius 2 is 1.97 bits per heavy atom. The van der Waals surface area contributed by atoms with Crippen molar-refractivity contribution in [3.05, 3.63) is 69.9 Å². The maximum atomic E-state index is 13.6. The summed E-state index contributed by atoms with van der Waals surface area (Å²) >= 11 is 6.19. The third-order valence-electron chi connectivity index (χ3n) is 6.36. The molecule has 2 heterocycles. The van der Waals surface area contributed by atoms with Gasteiger partial charge >= 0.3 is 5.97 Å². The molecule has 1 atom stereocenters. The van der Waals surface area contributed by atoms with Gasteiger partial charge < -0.3 is 10.1 Å². The van der Waals surface area contributed by atoms with Crippen LogP contribution in [0.5, 0.6) is 0 Å². The van der Waals surface area contributed by atoms with E-state index in [1.54, 1.807) is 12.1 Å². The lowest BCUT2D eigenvalue weighted by Crippen LogP contribution is -2.38. The van der Waals surface area contributed by atoms with Crippen molar-refractivity contribution in [3.63, 3.8) is 0 Å². The number of nitrogens with one attached hydrogen (secondary N) is 1. The highest BCUT2D eigenvalue weighted by Gasteiger charge is 2.30. The summed E-state index contributed by atoms with van der Waals surface area (Å²) in [7, 11) is 0. The summed E-state index contributed by atoms with van der Waals surface area (Å²) in [5, 5.41) is 4.13. The van der Waals surface area contributed by atoms with Crippen LogP contribution in [-0.2, 0) is 22.5 Å². The van der Waals surface area contributed by atoms with Crippen LogP contribution in [-0.4, -0.2) is 40.5 Å². The minimum atomic E-state index is -0.931. The van der Waals surface area contributed by atoms with Gasteiger partial charge in [-0.05, 0) is 51.0 Å². The van der Waals surface area contributed by atoms with Crippen LogP contribution in [0.3, 0.4) is 0 Å². The Kier molecular flexibility index (Phi) is 7.19. The van der Waals surface area contributed by atoms with E-state index in [2.05, 4.69) is 24.1 Å². The van der Waals surface area contributed by atoms with Gasteiger partial charge in [-0.3, -0.25) is 14.7 Å². The van der Waals surface area contributed by atoms with Gasteiger partial charge in [0.1, 0.15) is 0 Å². The number of anilines is 1. The molecule has 4 rings (SSSR count). The number of para-hydroxylation sites is 1. The van der Waals surface area contributed by atoms with Gasteiger partial charge in [-0.2, -0.15) is 0 Å². The first-order valence-corrected chi connectivity index (χ1v) is 12.1. The number of pyridine rings is 1. The van der Waals surface area contributed by atoms with Gasteiger partial charge in [0.25, 0.3) is 5.91 Å². The van der Waals surface area contributed by atoms with Crippen molar-refractivity contribution < 1.29 is 14.3 Å². The molecule has 1 aliphatic heterocycles. The second-order valence-electron chi connectivity index (χ2n) is 9.00. The molecule has 0 fully saturated rings. The highest BCUT2D eigenvalue weighted by Crippen LogP contribution is 2.30. The second-order valence-corrected chi connectivity index (χ2v) is 9.41. The molecule has 6 nitrogen and oxygen atoms in total. The molecular formula is C27H30ClN3O3. The van der Waals surface area contributed by atoms with Crippen LogP contribution in [0.4, 0.5) is 5.69 Å². The first-order valence-electron chi connectivity index (χ1n) is 11.7. The summed E-state index contributed by atoms with van der Waals surface area (Å²) in [5.41, 5.74) is 4.57. The van der Waals surface area contributed by atoms with Gasteiger partial charge in [-0.25, -0.2) is 4.79 Å². The topological polar surface area (TPSA) is 71.5 Å². The van der Waals surface area contributed by atoms with Crippen LogP contribution >= 0.6 is 11.6 Å². The number of aryl methyl sites for hydroxylation is 1. The standard InChI is InChI=1S/C27H30ClN3O3/c1-5-24(26(32)29-18-11-10-17(4)21(28)14-18)34-27(33)25-19-8-6-7-9-22(19)30-23-12-13-31(16(2)3)15-20(23)25/h6-11,14,16,24H,5,12-13,15H2,1-4H3,(H,29,32). The number of halogens is 1. The van der Waals surface area contributed by atoms with Crippen molar-refractivity contribution in [1.82, 2.24) is 9.88 Å². The van der Waals surface area contributed by atoms with E-state index in [0.717, 1.165) is 40.7 Å². The molecule has 1 aromatic heterocycles. The number of fused-ring (bicyclic) bond motifs is 2. The Hall–Kier alpha value is -2.96.